The van der Waals surface area contributed by atoms with Crippen molar-refractivity contribution < 1.29 is 14.6 Å². The SMILES string of the molecule is CO[C@H]1CCCC[C@@H]1NCc1cccc(C(=O)O)c1. The Morgan fingerprint density at radius 2 is 2.21 bits per heavy atom. The third-order valence-corrected chi connectivity index (χ3v) is 3.75. The minimum Gasteiger partial charge on any atom is -0.478 e. The van der Waals surface area contributed by atoms with Gasteiger partial charge >= 0.3 is 5.97 Å². The number of carboxylic acid groups (broad SMARTS) is 1. The van der Waals surface area contributed by atoms with E-state index in [1.165, 1.54) is 12.8 Å². The normalized spacial score (nSPS) is 23.2. The van der Waals surface area contributed by atoms with Gasteiger partial charge in [0.1, 0.15) is 0 Å². The molecule has 19 heavy (non-hydrogen) atoms. The first-order valence-electron chi connectivity index (χ1n) is 6.79. The Morgan fingerprint density at radius 1 is 1.42 bits per heavy atom. The zero-order chi connectivity index (χ0) is 13.7. The largest absolute Gasteiger partial charge is 0.478 e. The monoisotopic (exact) mass is 263 g/mol. The molecule has 2 atom stereocenters. The van der Waals surface area contributed by atoms with Gasteiger partial charge in [0.15, 0.2) is 0 Å². The van der Waals surface area contributed by atoms with Crippen LogP contribution in [0.15, 0.2) is 24.3 Å². The summed E-state index contributed by atoms with van der Waals surface area (Å²) in [4.78, 5) is 10.9. The third kappa shape index (κ3) is 3.78. The van der Waals surface area contributed by atoms with Crippen LogP contribution in [0.1, 0.15) is 41.6 Å². The van der Waals surface area contributed by atoms with E-state index >= 15 is 0 Å². The second-order valence-corrected chi connectivity index (χ2v) is 5.05. The van der Waals surface area contributed by atoms with Crippen molar-refractivity contribution in [2.75, 3.05) is 7.11 Å². The van der Waals surface area contributed by atoms with Crippen molar-refractivity contribution in [2.24, 2.45) is 0 Å². The molecule has 0 aliphatic heterocycles. The average Bonchev–Trinajstić information content (AvgIpc) is 2.45. The number of methoxy groups -OCH3 is 1. The van der Waals surface area contributed by atoms with Crippen molar-refractivity contribution in [3.8, 4) is 0 Å². The lowest BCUT2D eigenvalue weighted by Gasteiger charge is -2.31. The van der Waals surface area contributed by atoms with Crippen LogP contribution < -0.4 is 5.32 Å². The van der Waals surface area contributed by atoms with Gasteiger partial charge in [-0.2, -0.15) is 0 Å². The molecule has 1 saturated carbocycles. The lowest BCUT2D eigenvalue weighted by Crippen LogP contribution is -2.42. The minimum atomic E-state index is -0.880. The van der Waals surface area contributed by atoms with Gasteiger partial charge in [-0.05, 0) is 30.5 Å². The molecule has 1 fully saturated rings. The fraction of sp³-hybridized carbons (Fsp3) is 0.533. The average molecular weight is 263 g/mol. The highest BCUT2D eigenvalue weighted by atomic mass is 16.5. The Bertz CT molecular complexity index is 433. The number of hydrogen-bond donors (Lipinski definition) is 2. The second-order valence-electron chi connectivity index (χ2n) is 5.05. The molecule has 0 aromatic heterocycles. The Morgan fingerprint density at radius 3 is 2.95 bits per heavy atom. The second kappa shape index (κ2) is 6.68. The molecule has 2 rings (SSSR count). The fourth-order valence-electron chi connectivity index (χ4n) is 2.68. The van der Waals surface area contributed by atoms with Crippen LogP contribution in [0.2, 0.25) is 0 Å². The molecule has 0 unspecified atom stereocenters. The van der Waals surface area contributed by atoms with Crippen LogP contribution >= 0.6 is 0 Å². The number of nitrogens with one attached hydrogen (secondary N) is 1. The summed E-state index contributed by atoms with van der Waals surface area (Å²) < 4.78 is 5.50. The molecule has 4 nitrogen and oxygen atoms in total. The molecule has 0 saturated heterocycles. The summed E-state index contributed by atoms with van der Waals surface area (Å²) >= 11 is 0. The van der Waals surface area contributed by atoms with Gasteiger partial charge in [0.05, 0.1) is 11.7 Å². The first kappa shape index (κ1) is 14.0. The van der Waals surface area contributed by atoms with Crippen molar-refractivity contribution in [3.63, 3.8) is 0 Å². The molecule has 0 heterocycles. The molecule has 1 aromatic carbocycles. The molecule has 0 bridgehead atoms. The van der Waals surface area contributed by atoms with Gasteiger partial charge in [0, 0.05) is 19.7 Å². The zero-order valence-corrected chi connectivity index (χ0v) is 11.3. The van der Waals surface area contributed by atoms with Crippen LogP contribution in [0.5, 0.6) is 0 Å². The first-order chi connectivity index (χ1) is 9.20. The van der Waals surface area contributed by atoms with Crippen molar-refractivity contribution in [2.45, 2.75) is 44.4 Å². The van der Waals surface area contributed by atoms with Crippen LogP contribution in [-0.2, 0) is 11.3 Å². The molecule has 0 spiro atoms. The Labute approximate surface area is 113 Å². The number of hydrogen-bond acceptors (Lipinski definition) is 3. The lowest BCUT2D eigenvalue weighted by atomic mass is 9.92. The van der Waals surface area contributed by atoms with Crippen molar-refractivity contribution >= 4 is 5.97 Å². The predicted molar refractivity (Wildman–Crippen MR) is 73.3 cm³/mol. The maximum atomic E-state index is 10.9. The van der Waals surface area contributed by atoms with Gasteiger partial charge in [-0.25, -0.2) is 4.79 Å². The summed E-state index contributed by atoms with van der Waals surface area (Å²) in [6.07, 6.45) is 4.95. The van der Waals surface area contributed by atoms with Crippen molar-refractivity contribution in [1.82, 2.24) is 5.32 Å². The van der Waals surface area contributed by atoms with Gasteiger partial charge < -0.3 is 15.2 Å². The Balaban J connectivity index is 1.94. The molecule has 0 radical (unpaired) electrons. The predicted octanol–water partition coefficient (Wildman–Crippen LogP) is 2.43. The molecular weight excluding hydrogens is 242 g/mol. The number of carboxylic acids is 1. The molecule has 0 amide bonds. The third-order valence-electron chi connectivity index (χ3n) is 3.75. The highest BCUT2D eigenvalue weighted by Crippen LogP contribution is 2.21. The molecular formula is C15H21NO3. The molecule has 1 aromatic rings. The first-order valence-corrected chi connectivity index (χ1v) is 6.79. The summed E-state index contributed by atoms with van der Waals surface area (Å²) in [5.41, 5.74) is 1.34. The van der Waals surface area contributed by atoms with E-state index < -0.39 is 5.97 Å². The summed E-state index contributed by atoms with van der Waals surface area (Å²) in [5, 5.41) is 12.5. The van der Waals surface area contributed by atoms with Crippen molar-refractivity contribution in [3.05, 3.63) is 35.4 Å². The van der Waals surface area contributed by atoms with E-state index in [2.05, 4.69) is 5.32 Å². The van der Waals surface area contributed by atoms with E-state index in [1.807, 2.05) is 6.07 Å². The van der Waals surface area contributed by atoms with E-state index in [0.717, 1.165) is 18.4 Å². The fourth-order valence-corrected chi connectivity index (χ4v) is 2.68. The Hall–Kier alpha value is -1.39. The van der Waals surface area contributed by atoms with Crippen LogP contribution in [0.3, 0.4) is 0 Å². The number of rotatable bonds is 5. The standard InChI is InChI=1S/C15H21NO3/c1-19-14-8-3-2-7-13(14)16-10-11-5-4-6-12(9-11)15(17)18/h4-6,9,13-14,16H,2-3,7-8,10H2,1H3,(H,17,18)/t13-,14-/m0/s1. The topological polar surface area (TPSA) is 58.6 Å². The van der Waals surface area contributed by atoms with E-state index in [9.17, 15) is 4.79 Å². The minimum absolute atomic E-state index is 0.274. The molecule has 1 aliphatic carbocycles. The maximum absolute atomic E-state index is 10.9. The summed E-state index contributed by atoms with van der Waals surface area (Å²) in [6.45, 7) is 0.686. The smallest absolute Gasteiger partial charge is 0.335 e. The van der Waals surface area contributed by atoms with E-state index in [-0.39, 0.29) is 6.10 Å². The number of ether oxygens (including phenoxy) is 1. The highest BCUT2D eigenvalue weighted by Gasteiger charge is 2.24. The van der Waals surface area contributed by atoms with E-state index in [4.69, 9.17) is 9.84 Å². The van der Waals surface area contributed by atoms with Gasteiger partial charge in [-0.3, -0.25) is 0 Å². The van der Waals surface area contributed by atoms with Crippen LogP contribution in [0.25, 0.3) is 0 Å². The van der Waals surface area contributed by atoms with Crippen molar-refractivity contribution in [1.29, 1.82) is 0 Å². The number of carbonyl (C=O) groups is 1. The van der Waals surface area contributed by atoms with Gasteiger partial charge in [-0.1, -0.05) is 25.0 Å². The summed E-state index contributed by atoms with van der Waals surface area (Å²) in [5.74, 6) is -0.880. The number of benzene rings is 1. The summed E-state index contributed by atoms with van der Waals surface area (Å²) in [7, 11) is 1.76. The molecule has 4 heteroatoms. The van der Waals surface area contributed by atoms with Crippen LogP contribution in [-0.4, -0.2) is 30.3 Å². The van der Waals surface area contributed by atoms with E-state index in [1.54, 1.807) is 25.3 Å². The van der Waals surface area contributed by atoms with Gasteiger partial charge in [0.2, 0.25) is 0 Å². The molecule has 2 N–H and O–H groups in total. The highest BCUT2D eigenvalue weighted by molar-refractivity contribution is 5.87. The molecule has 1 aliphatic rings. The maximum Gasteiger partial charge on any atom is 0.335 e. The summed E-state index contributed by atoms with van der Waals surface area (Å²) in [6, 6.07) is 7.44. The Kier molecular flexibility index (Phi) is 4.93. The lowest BCUT2D eigenvalue weighted by molar-refractivity contribution is 0.0413. The quantitative estimate of drug-likeness (QED) is 0.856. The van der Waals surface area contributed by atoms with Crippen LogP contribution in [0, 0.1) is 0 Å². The van der Waals surface area contributed by atoms with E-state index in [0.29, 0.717) is 18.2 Å². The molecule has 104 valence electrons. The van der Waals surface area contributed by atoms with Crippen LogP contribution in [0.4, 0.5) is 0 Å². The van der Waals surface area contributed by atoms with Gasteiger partial charge in [0.25, 0.3) is 0 Å². The van der Waals surface area contributed by atoms with Gasteiger partial charge in [-0.15, -0.1) is 0 Å². The number of aromatic carboxylic acids is 1. The zero-order valence-electron chi connectivity index (χ0n) is 11.3.